The van der Waals surface area contributed by atoms with Gasteiger partial charge in [-0.05, 0) is 29.8 Å². The monoisotopic (exact) mass is 367 g/mol. The molecule has 0 unspecified atom stereocenters. The molecule has 3 rings (SSSR count). The van der Waals surface area contributed by atoms with E-state index in [0.29, 0.717) is 4.90 Å². The van der Waals surface area contributed by atoms with Gasteiger partial charge in [-0.15, -0.1) is 13.2 Å². The number of nitrogens with zero attached hydrogens (tertiary/aromatic N) is 1. The molecule has 0 aliphatic carbocycles. The summed E-state index contributed by atoms with van der Waals surface area (Å²) < 4.78 is 53.8. The lowest BCUT2D eigenvalue weighted by molar-refractivity contribution is -0.274. The number of aliphatic hydroxyl groups excluding tert-OH is 1. The van der Waals surface area contributed by atoms with Crippen molar-refractivity contribution in [2.75, 3.05) is 4.90 Å². The standard InChI is InChI=1S/C17H9F4NO4/c18-10-6-4-9(5-7-10)13-14(23)16(25)22(15(13)24)11-2-1-3-12(8-11)26-17(19,20)21/h1-8,23H. The van der Waals surface area contributed by atoms with Gasteiger partial charge in [0, 0.05) is 6.07 Å². The van der Waals surface area contributed by atoms with Crippen LogP contribution in [0, 0.1) is 5.82 Å². The second kappa shape index (κ2) is 6.17. The van der Waals surface area contributed by atoms with E-state index in [1.165, 1.54) is 18.2 Å². The van der Waals surface area contributed by atoms with Crippen molar-refractivity contribution >= 4 is 23.1 Å². The average Bonchev–Trinajstić information content (AvgIpc) is 2.77. The number of amides is 2. The number of hydrogen-bond donors (Lipinski definition) is 1. The van der Waals surface area contributed by atoms with E-state index in [1.807, 2.05) is 0 Å². The van der Waals surface area contributed by atoms with Gasteiger partial charge < -0.3 is 9.84 Å². The fraction of sp³-hybridized carbons (Fsp3) is 0.0588. The maximum absolute atomic E-state index is 13.0. The lowest BCUT2D eigenvalue weighted by atomic mass is 10.1. The number of anilines is 1. The molecule has 0 radical (unpaired) electrons. The van der Waals surface area contributed by atoms with Crippen molar-refractivity contribution in [1.29, 1.82) is 0 Å². The number of aliphatic hydroxyl groups is 1. The normalized spacial score (nSPS) is 15.0. The molecule has 1 N–H and O–H groups in total. The van der Waals surface area contributed by atoms with Crippen LogP contribution < -0.4 is 9.64 Å². The summed E-state index contributed by atoms with van der Waals surface area (Å²) in [5.74, 6) is -4.17. The molecule has 0 aromatic heterocycles. The second-order valence-corrected chi connectivity index (χ2v) is 5.22. The first-order valence-electron chi connectivity index (χ1n) is 7.11. The highest BCUT2D eigenvalue weighted by Crippen LogP contribution is 2.34. The highest BCUT2D eigenvalue weighted by molar-refractivity contribution is 6.44. The summed E-state index contributed by atoms with van der Waals surface area (Å²) in [6.45, 7) is 0. The first-order valence-corrected chi connectivity index (χ1v) is 7.11. The fourth-order valence-corrected chi connectivity index (χ4v) is 2.45. The molecule has 0 bridgehead atoms. The van der Waals surface area contributed by atoms with Gasteiger partial charge in [0.1, 0.15) is 11.6 Å². The number of carbonyl (C=O) groups is 2. The maximum Gasteiger partial charge on any atom is 0.573 e. The van der Waals surface area contributed by atoms with Gasteiger partial charge in [-0.25, -0.2) is 9.29 Å². The van der Waals surface area contributed by atoms with Crippen LogP contribution in [0.1, 0.15) is 5.56 Å². The predicted molar refractivity (Wildman–Crippen MR) is 81.6 cm³/mol. The molecule has 5 nitrogen and oxygen atoms in total. The summed E-state index contributed by atoms with van der Waals surface area (Å²) >= 11 is 0. The minimum absolute atomic E-state index is 0.0902. The van der Waals surface area contributed by atoms with Gasteiger partial charge in [0.15, 0.2) is 5.76 Å². The molecule has 0 atom stereocenters. The quantitative estimate of drug-likeness (QED) is 0.665. The Bertz CT molecular complexity index is 919. The van der Waals surface area contributed by atoms with Crippen molar-refractivity contribution in [2.45, 2.75) is 6.36 Å². The highest BCUT2D eigenvalue weighted by Gasteiger charge is 2.40. The van der Waals surface area contributed by atoms with E-state index < -0.39 is 35.5 Å². The summed E-state index contributed by atoms with van der Waals surface area (Å²) in [6.07, 6.45) is -4.95. The third kappa shape index (κ3) is 3.23. The van der Waals surface area contributed by atoms with E-state index in [0.717, 1.165) is 30.3 Å². The van der Waals surface area contributed by atoms with Gasteiger partial charge in [-0.2, -0.15) is 0 Å². The van der Waals surface area contributed by atoms with Crippen LogP contribution in [-0.2, 0) is 9.59 Å². The summed E-state index contributed by atoms with van der Waals surface area (Å²) in [4.78, 5) is 25.3. The van der Waals surface area contributed by atoms with Gasteiger partial charge in [0.25, 0.3) is 5.91 Å². The van der Waals surface area contributed by atoms with Crippen LogP contribution in [0.15, 0.2) is 54.3 Å². The molecule has 1 aliphatic rings. The van der Waals surface area contributed by atoms with E-state index in [9.17, 15) is 32.3 Å². The Balaban J connectivity index is 1.96. The van der Waals surface area contributed by atoms with Crippen molar-refractivity contribution in [3.05, 3.63) is 65.7 Å². The smallest absolute Gasteiger partial charge is 0.502 e. The van der Waals surface area contributed by atoms with E-state index in [-0.39, 0.29) is 16.8 Å². The van der Waals surface area contributed by atoms with Crippen molar-refractivity contribution in [2.24, 2.45) is 0 Å². The Hall–Kier alpha value is -3.36. The number of hydrogen-bond acceptors (Lipinski definition) is 4. The predicted octanol–water partition coefficient (Wildman–Crippen LogP) is 3.57. The topological polar surface area (TPSA) is 66.8 Å². The molecular weight excluding hydrogens is 358 g/mol. The second-order valence-electron chi connectivity index (χ2n) is 5.22. The third-order valence-corrected chi connectivity index (χ3v) is 3.50. The molecule has 2 aromatic carbocycles. The zero-order chi connectivity index (χ0) is 19.1. The maximum atomic E-state index is 13.0. The minimum Gasteiger partial charge on any atom is -0.502 e. The van der Waals surface area contributed by atoms with E-state index >= 15 is 0 Å². The largest absolute Gasteiger partial charge is 0.573 e. The van der Waals surface area contributed by atoms with Crippen LogP contribution in [0.3, 0.4) is 0 Å². The van der Waals surface area contributed by atoms with Crippen LogP contribution in [0.4, 0.5) is 23.2 Å². The summed E-state index contributed by atoms with van der Waals surface area (Å²) in [5.41, 5.74) is -0.505. The van der Waals surface area contributed by atoms with Crippen molar-refractivity contribution in [1.82, 2.24) is 0 Å². The molecule has 26 heavy (non-hydrogen) atoms. The molecule has 0 fully saturated rings. The summed E-state index contributed by atoms with van der Waals surface area (Å²) in [5, 5.41) is 10.0. The van der Waals surface area contributed by atoms with Crippen molar-refractivity contribution < 1.29 is 37.0 Å². The van der Waals surface area contributed by atoms with Crippen LogP contribution in [0.2, 0.25) is 0 Å². The Morgan fingerprint density at radius 3 is 2.23 bits per heavy atom. The lowest BCUT2D eigenvalue weighted by Gasteiger charge is -2.16. The number of ether oxygens (including phenoxy) is 1. The molecule has 2 amide bonds. The van der Waals surface area contributed by atoms with Gasteiger partial charge in [-0.3, -0.25) is 9.59 Å². The first-order chi connectivity index (χ1) is 12.2. The van der Waals surface area contributed by atoms with Crippen molar-refractivity contribution in [3.63, 3.8) is 0 Å². The van der Waals surface area contributed by atoms with E-state index in [1.54, 1.807) is 0 Å². The molecule has 134 valence electrons. The zero-order valence-electron chi connectivity index (χ0n) is 12.7. The Morgan fingerprint density at radius 2 is 1.62 bits per heavy atom. The van der Waals surface area contributed by atoms with Crippen LogP contribution in [0.25, 0.3) is 5.57 Å². The summed E-state index contributed by atoms with van der Waals surface area (Å²) in [6, 6.07) is 8.66. The van der Waals surface area contributed by atoms with Gasteiger partial charge in [0.2, 0.25) is 0 Å². The van der Waals surface area contributed by atoms with Crippen LogP contribution >= 0.6 is 0 Å². The third-order valence-electron chi connectivity index (χ3n) is 3.50. The first kappa shape index (κ1) is 17.5. The van der Waals surface area contributed by atoms with Gasteiger partial charge in [0.05, 0.1) is 11.3 Å². The Kier molecular flexibility index (Phi) is 4.15. The minimum atomic E-state index is -4.95. The lowest BCUT2D eigenvalue weighted by Crippen LogP contribution is -2.31. The number of halogens is 4. The van der Waals surface area contributed by atoms with Gasteiger partial charge >= 0.3 is 12.3 Å². The van der Waals surface area contributed by atoms with E-state index in [2.05, 4.69) is 4.74 Å². The van der Waals surface area contributed by atoms with E-state index in [4.69, 9.17) is 0 Å². The zero-order valence-corrected chi connectivity index (χ0v) is 12.7. The SMILES string of the molecule is O=C1C(O)=C(c2ccc(F)cc2)C(=O)N1c1cccc(OC(F)(F)F)c1. The Morgan fingerprint density at radius 1 is 0.962 bits per heavy atom. The highest BCUT2D eigenvalue weighted by atomic mass is 19.4. The number of imide groups is 1. The molecular formula is C17H9F4NO4. The Labute approximate surface area is 143 Å². The molecule has 2 aromatic rings. The molecule has 0 saturated carbocycles. The molecule has 9 heteroatoms. The number of carbonyl (C=O) groups excluding carboxylic acids is 2. The van der Waals surface area contributed by atoms with Crippen LogP contribution in [0.5, 0.6) is 5.75 Å². The fourth-order valence-electron chi connectivity index (χ4n) is 2.45. The molecule has 1 heterocycles. The average molecular weight is 367 g/mol. The van der Waals surface area contributed by atoms with Crippen molar-refractivity contribution in [3.8, 4) is 5.75 Å². The molecule has 1 aliphatic heterocycles. The number of benzene rings is 2. The van der Waals surface area contributed by atoms with Gasteiger partial charge in [-0.1, -0.05) is 18.2 Å². The summed E-state index contributed by atoms with van der Waals surface area (Å²) in [7, 11) is 0. The number of alkyl halides is 3. The van der Waals surface area contributed by atoms with Crippen LogP contribution in [-0.4, -0.2) is 23.3 Å². The number of rotatable bonds is 3. The molecule has 0 spiro atoms. The molecule has 0 saturated heterocycles.